The molecule has 0 aromatic heterocycles. The molecule has 0 radical (unpaired) electrons. The number of benzene rings is 2. The second kappa shape index (κ2) is 8.08. The van der Waals surface area contributed by atoms with Crippen molar-refractivity contribution in [2.45, 2.75) is 19.8 Å². The molecule has 0 atom stereocenters. The molecule has 8 heteroatoms. The zero-order valence-electron chi connectivity index (χ0n) is 16.0. The molecule has 0 aliphatic carbocycles. The Labute approximate surface area is 176 Å². The number of carbonyl (C=O) groups is 3. The third-order valence-corrected chi connectivity index (χ3v) is 5.11. The molecule has 2 N–H and O–H groups in total. The van der Waals surface area contributed by atoms with Crippen LogP contribution in [0.15, 0.2) is 46.4 Å². The van der Waals surface area contributed by atoms with E-state index in [0.29, 0.717) is 21.6 Å². The molecule has 4 amide bonds. The van der Waals surface area contributed by atoms with Crippen LogP contribution in [0, 0.1) is 0 Å². The lowest BCUT2D eigenvalue weighted by Crippen LogP contribution is -2.54. The van der Waals surface area contributed by atoms with Gasteiger partial charge in [-0.1, -0.05) is 26.0 Å². The van der Waals surface area contributed by atoms with Crippen molar-refractivity contribution in [3.8, 4) is 11.5 Å². The Morgan fingerprint density at radius 3 is 2.38 bits per heavy atom. The molecule has 0 unspecified atom stereocenters. The highest BCUT2D eigenvalue weighted by atomic mass is 79.9. The topological polar surface area (TPSA) is 95.9 Å². The summed E-state index contributed by atoms with van der Waals surface area (Å²) in [6.07, 6.45) is 1.34. The van der Waals surface area contributed by atoms with Crippen LogP contribution < -0.4 is 15.0 Å². The number of nitrogens with zero attached hydrogens (tertiary/aromatic N) is 1. The second-order valence-electron chi connectivity index (χ2n) is 6.76. The van der Waals surface area contributed by atoms with Crippen molar-refractivity contribution < 1.29 is 24.2 Å². The van der Waals surface area contributed by atoms with E-state index in [0.717, 1.165) is 10.5 Å². The lowest BCUT2D eigenvalue weighted by Gasteiger charge is -2.26. The number of anilines is 1. The Morgan fingerprint density at radius 2 is 1.79 bits per heavy atom. The van der Waals surface area contributed by atoms with Gasteiger partial charge in [0, 0.05) is 0 Å². The number of imide groups is 2. The number of barbiturate groups is 1. The van der Waals surface area contributed by atoms with Gasteiger partial charge in [-0.3, -0.25) is 14.9 Å². The molecule has 0 saturated carbocycles. The fraction of sp³-hybridized carbons (Fsp3) is 0.190. The molecular formula is C21H19BrN2O5. The van der Waals surface area contributed by atoms with Crippen LogP contribution in [0.5, 0.6) is 11.5 Å². The number of amides is 4. The fourth-order valence-corrected chi connectivity index (χ4v) is 3.36. The average Bonchev–Trinajstić information content (AvgIpc) is 2.68. The summed E-state index contributed by atoms with van der Waals surface area (Å²) < 4.78 is 5.43. The quantitative estimate of drug-likeness (QED) is 0.533. The van der Waals surface area contributed by atoms with Gasteiger partial charge in [0.15, 0.2) is 11.5 Å². The molecule has 1 saturated heterocycles. The molecule has 1 fully saturated rings. The van der Waals surface area contributed by atoms with E-state index in [1.54, 1.807) is 12.1 Å². The summed E-state index contributed by atoms with van der Waals surface area (Å²) in [7, 11) is 1.39. The van der Waals surface area contributed by atoms with E-state index in [4.69, 9.17) is 4.74 Å². The molecule has 0 bridgehead atoms. The van der Waals surface area contributed by atoms with Crippen LogP contribution in [0.2, 0.25) is 0 Å². The van der Waals surface area contributed by atoms with E-state index >= 15 is 0 Å². The predicted octanol–water partition coefficient (Wildman–Crippen LogP) is 3.95. The molecule has 150 valence electrons. The van der Waals surface area contributed by atoms with Crippen molar-refractivity contribution in [3.05, 3.63) is 57.6 Å². The number of urea groups is 1. The van der Waals surface area contributed by atoms with Crippen molar-refractivity contribution >= 4 is 45.5 Å². The van der Waals surface area contributed by atoms with Gasteiger partial charge >= 0.3 is 6.03 Å². The van der Waals surface area contributed by atoms with Gasteiger partial charge in [-0.15, -0.1) is 0 Å². The van der Waals surface area contributed by atoms with E-state index < -0.39 is 17.8 Å². The Hall–Kier alpha value is -3.13. The predicted molar refractivity (Wildman–Crippen MR) is 112 cm³/mol. The standard InChI is InChI=1S/C21H19BrN2O5/c1-11(2)13-4-6-14(7-5-13)24-20(27)15(19(26)23-21(24)28)8-12-9-16(22)18(25)17(10-12)29-3/h4-11,25H,1-3H3,(H,23,26,28)/b15-8-. The SMILES string of the molecule is COc1cc(/C=C2/C(=O)NC(=O)N(c3ccc(C(C)C)cc3)C2=O)cc(Br)c1O. The normalized spacial score (nSPS) is 15.8. The molecule has 7 nitrogen and oxygen atoms in total. The molecule has 1 heterocycles. The Balaban J connectivity index is 2.01. The van der Waals surface area contributed by atoms with Gasteiger partial charge in [0.25, 0.3) is 11.8 Å². The van der Waals surface area contributed by atoms with Crippen LogP contribution >= 0.6 is 15.9 Å². The second-order valence-corrected chi connectivity index (χ2v) is 7.61. The van der Waals surface area contributed by atoms with Gasteiger partial charge in [0.2, 0.25) is 0 Å². The first-order valence-corrected chi connectivity index (χ1v) is 9.60. The van der Waals surface area contributed by atoms with Gasteiger partial charge in [0.05, 0.1) is 17.3 Å². The van der Waals surface area contributed by atoms with Crippen LogP contribution in [0.4, 0.5) is 10.5 Å². The van der Waals surface area contributed by atoms with Crippen LogP contribution in [0.1, 0.15) is 30.9 Å². The van der Waals surface area contributed by atoms with Crippen LogP contribution in [0.3, 0.4) is 0 Å². The lowest BCUT2D eigenvalue weighted by molar-refractivity contribution is -0.122. The molecular weight excluding hydrogens is 440 g/mol. The summed E-state index contributed by atoms with van der Waals surface area (Å²) in [4.78, 5) is 38.5. The van der Waals surface area contributed by atoms with Crippen LogP contribution in [-0.2, 0) is 9.59 Å². The maximum absolute atomic E-state index is 13.0. The van der Waals surface area contributed by atoms with Crippen molar-refractivity contribution in [2.24, 2.45) is 0 Å². The molecule has 1 aliphatic heterocycles. The summed E-state index contributed by atoms with van der Waals surface area (Å²) in [5.74, 6) is -1.16. The lowest BCUT2D eigenvalue weighted by atomic mass is 10.0. The van der Waals surface area contributed by atoms with Crippen molar-refractivity contribution in [1.29, 1.82) is 0 Å². The number of ether oxygens (including phenoxy) is 1. The van der Waals surface area contributed by atoms with E-state index in [1.807, 2.05) is 26.0 Å². The minimum absolute atomic E-state index is 0.101. The number of nitrogens with one attached hydrogen (secondary N) is 1. The minimum atomic E-state index is -0.807. The summed E-state index contributed by atoms with van der Waals surface area (Å²) >= 11 is 3.20. The molecule has 1 aliphatic rings. The fourth-order valence-electron chi connectivity index (χ4n) is 2.90. The first kappa shape index (κ1) is 20.6. The van der Waals surface area contributed by atoms with E-state index in [-0.39, 0.29) is 17.1 Å². The number of halogens is 1. The molecule has 2 aromatic rings. The summed E-state index contributed by atoms with van der Waals surface area (Å²) in [5.41, 5.74) is 1.65. The number of phenolic OH excluding ortho intramolecular Hbond substituents is 1. The van der Waals surface area contributed by atoms with Gasteiger partial charge in [-0.2, -0.15) is 0 Å². The van der Waals surface area contributed by atoms with E-state index in [2.05, 4.69) is 21.2 Å². The number of carbonyl (C=O) groups excluding carboxylic acids is 3. The highest BCUT2D eigenvalue weighted by molar-refractivity contribution is 9.10. The first-order chi connectivity index (χ1) is 13.7. The summed E-state index contributed by atoms with van der Waals surface area (Å²) in [5, 5.41) is 12.1. The monoisotopic (exact) mass is 458 g/mol. The molecule has 3 rings (SSSR count). The summed E-state index contributed by atoms with van der Waals surface area (Å²) in [6.45, 7) is 4.08. The minimum Gasteiger partial charge on any atom is -0.503 e. The smallest absolute Gasteiger partial charge is 0.335 e. The largest absolute Gasteiger partial charge is 0.503 e. The van der Waals surface area contributed by atoms with Crippen molar-refractivity contribution in [1.82, 2.24) is 5.32 Å². The van der Waals surface area contributed by atoms with E-state index in [1.165, 1.54) is 25.3 Å². The maximum Gasteiger partial charge on any atom is 0.335 e. The Kier molecular flexibility index (Phi) is 5.74. The Bertz CT molecular complexity index is 1030. The maximum atomic E-state index is 13.0. The van der Waals surface area contributed by atoms with E-state index in [9.17, 15) is 19.5 Å². The number of phenols is 1. The van der Waals surface area contributed by atoms with Crippen molar-refractivity contribution in [2.75, 3.05) is 12.0 Å². The van der Waals surface area contributed by atoms with Crippen molar-refractivity contribution in [3.63, 3.8) is 0 Å². The number of aromatic hydroxyl groups is 1. The van der Waals surface area contributed by atoms with Crippen LogP contribution in [0.25, 0.3) is 6.08 Å². The Morgan fingerprint density at radius 1 is 1.14 bits per heavy atom. The molecule has 0 spiro atoms. The van der Waals surface area contributed by atoms with Crippen LogP contribution in [-0.4, -0.2) is 30.1 Å². The summed E-state index contributed by atoms with van der Waals surface area (Å²) in [6, 6.07) is 9.21. The molecule has 2 aromatic carbocycles. The van der Waals surface area contributed by atoms with Gasteiger partial charge in [0.1, 0.15) is 5.57 Å². The average molecular weight is 459 g/mol. The van der Waals surface area contributed by atoms with Gasteiger partial charge < -0.3 is 9.84 Å². The zero-order valence-corrected chi connectivity index (χ0v) is 17.6. The highest BCUT2D eigenvalue weighted by Crippen LogP contribution is 2.36. The zero-order chi connectivity index (χ0) is 21.3. The third kappa shape index (κ3) is 4.02. The van der Waals surface area contributed by atoms with Gasteiger partial charge in [-0.05, 0) is 63.3 Å². The molecule has 29 heavy (non-hydrogen) atoms. The number of hydrogen-bond donors (Lipinski definition) is 2. The first-order valence-electron chi connectivity index (χ1n) is 8.80. The number of hydrogen-bond acceptors (Lipinski definition) is 5. The third-order valence-electron chi connectivity index (χ3n) is 4.50. The number of methoxy groups -OCH3 is 1. The number of rotatable bonds is 4. The van der Waals surface area contributed by atoms with Gasteiger partial charge in [-0.25, -0.2) is 9.69 Å². The highest BCUT2D eigenvalue weighted by Gasteiger charge is 2.36.